The fraction of sp³-hybridized carbons (Fsp3) is 0.905. The van der Waals surface area contributed by atoms with Gasteiger partial charge in [0.1, 0.15) is 0 Å². The fourth-order valence-electron chi connectivity index (χ4n) is 5.95. The molecule has 4 rings (SSSR count). The van der Waals surface area contributed by atoms with Crippen LogP contribution in [0.1, 0.15) is 64.2 Å². The number of amides is 2. The van der Waals surface area contributed by atoms with E-state index in [1.807, 2.05) is 4.90 Å². The van der Waals surface area contributed by atoms with Gasteiger partial charge in [-0.2, -0.15) is 0 Å². The summed E-state index contributed by atoms with van der Waals surface area (Å²) in [7, 11) is 0. The molecule has 0 aromatic carbocycles. The minimum atomic E-state index is 0. The van der Waals surface area contributed by atoms with Crippen LogP contribution < -0.4 is 5.73 Å². The summed E-state index contributed by atoms with van der Waals surface area (Å²) in [6.45, 7) is 3.58. The third kappa shape index (κ3) is 4.61. The average molecular weight is 398 g/mol. The molecule has 4 fully saturated rings. The topological polar surface area (TPSA) is 66.6 Å². The smallest absolute Gasteiger partial charge is 0.225 e. The van der Waals surface area contributed by atoms with Gasteiger partial charge in [0.2, 0.25) is 11.8 Å². The van der Waals surface area contributed by atoms with E-state index in [1.165, 1.54) is 19.3 Å². The van der Waals surface area contributed by atoms with Crippen LogP contribution in [0.5, 0.6) is 0 Å². The highest BCUT2D eigenvalue weighted by Gasteiger charge is 2.42. The van der Waals surface area contributed by atoms with Gasteiger partial charge in [0.25, 0.3) is 0 Å². The van der Waals surface area contributed by atoms with E-state index in [0.717, 1.165) is 64.7 Å². The summed E-state index contributed by atoms with van der Waals surface area (Å²) in [6.07, 6.45) is 10.7. The molecule has 27 heavy (non-hydrogen) atoms. The molecule has 2 saturated carbocycles. The summed E-state index contributed by atoms with van der Waals surface area (Å²) in [4.78, 5) is 29.5. The van der Waals surface area contributed by atoms with Crippen molar-refractivity contribution in [1.29, 1.82) is 0 Å². The monoisotopic (exact) mass is 397 g/mol. The van der Waals surface area contributed by atoms with Crippen LogP contribution in [0.25, 0.3) is 0 Å². The average Bonchev–Trinajstić information content (AvgIpc) is 3.16. The molecule has 0 aromatic rings. The van der Waals surface area contributed by atoms with Crippen molar-refractivity contribution < 1.29 is 9.59 Å². The molecule has 5 nitrogen and oxygen atoms in total. The number of nitrogens with two attached hydrogens (primary N) is 1. The van der Waals surface area contributed by atoms with Gasteiger partial charge in [-0.3, -0.25) is 9.59 Å². The predicted octanol–water partition coefficient (Wildman–Crippen LogP) is 2.81. The van der Waals surface area contributed by atoms with Crippen molar-refractivity contribution in [2.24, 2.45) is 29.4 Å². The summed E-state index contributed by atoms with van der Waals surface area (Å²) in [5.74, 6) is 2.50. The summed E-state index contributed by atoms with van der Waals surface area (Å²) >= 11 is 0. The molecule has 0 aromatic heterocycles. The van der Waals surface area contributed by atoms with Gasteiger partial charge in [-0.15, -0.1) is 12.4 Å². The third-order valence-corrected chi connectivity index (χ3v) is 7.61. The van der Waals surface area contributed by atoms with Crippen molar-refractivity contribution in [3.63, 3.8) is 0 Å². The van der Waals surface area contributed by atoms with Crippen molar-refractivity contribution >= 4 is 24.2 Å². The molecular formula is C21H36ClN3O2. The maximum Gasteiger partial charge on any atom is 0.225 e. The minimum Gasteiger partial charge on any atom is -0.343 e. The van der Waals surface area contributed by atoms with Crippen LogP contribution in [0.3, 0.4) is 0 Å². The summed E-state index contributed by atoms with van der Waals surface area (Å²) < 4.78 is 0. The zero-order valence-electron chi connectivity index (χ0n) is 16.5. The molecule has 6 heteroatoms. The highest BCUT2D eigenvalue weighted by atomic mass is 35.5. The maximum atomic E-state index is 13.0. The van der Waals surface area contributed by atoms with Gasteiger partial charge >= 0.3 is 0 Å². The fourth-order valence-corrected chi connectivity index (χ4v) is 5.95. The van der Waals surface area contributed by atoms with Crippen molar-refractivity contribution in [2.75, 3.05) is 26.2 Å². The van der Waals surface area contributed by atoms with E-state index in [2.05, 4.69) is 4.90 Å². The Morgan fingerprint density at radius 2 is 1.41 bits per heavy atom. The second kappa shape index (κ2) is 9.13. The van der Waals surface area contributed by atoms with Crippen LogP contribution >= 0.6 is 12.4 Å². The zero-order chi connectivity index (χ0) is 18.1. The molecule has 2 atom stereocenters. The van der Waals surface area contributed by atoms with E-state index in [9.17, 15) is 9.59 Å². The van der Waals surface area contributed by atoms with Crippen LogP contribution in [0.4, 0.5) is 0 Å². The molecule has 2 unspecified atom stereocenters. The molecule has 2 amide bonds. The van der Waals surface area contributed by atoms with Gasteiger partial charge in [-0.05, 0) is 69.1 Å². The lowest BCUT2D eigenvalue weighted by atomic mass is 9.65. The Balaban J connectivity index is 0.00000210. The number of halogens is 1. The van der Waals surface area contributed by atoms with Gasteiger partial charge < -0.3 is 15.5 Å². The lowest BCUT2D eigenvalue weighted by Gasteiger charge is -2.45. The molecule has 2 aliphatic heterocycles. The number of fused-ring (bicyclic) bond motifs is 2. The Labute approximate surface area is 169 Å². The Bertz CT molecular complexity index is 516. The van der Waals surface area contributed by atoms with Crippen LogP contribution in [0.2, 0.25) is 0 Å². The number of hydrogen-bond donors (Lipinski definition) is 1. The minimum absolute atomic E-state index is 0. The lowest BCUT2D eigenvalue weighted by molar-refractivity contribution is -0.140. The van der Waals surface area contributed by atoms with Crippen LogP contribution in [0, 0.1) is 23.7 Å². The molecule has 2 bridgehead atoms. The molecule has 0 radical (unpaired) electrons. The standard InChI is InChI=1S/C21H35N3O2.ClH/c22-20-16-4-3-5-17(20)14-18(13-16)21(26)24-10-6-15(7-11-24)12-19(25)23-8-1-2-9-23;/h15-18,20H,1-14,22H2;1H. The second-order valence-electron chi connectivity index (χ2n) is 9.26. The van der Waals surface area contributed by atoms with Gasteiger partial charge in [0.15, 0.2) is 0 Å². The maximum absolute atomic E-state index is 13.0. The number of carbonyl (C=O) groups is 2. The summed E-state index contributed by atoms with van der Waals surface area (Å²) in [5, 5.41) is 0. The highest BCUT2D eigenvalue weighted by molar-refractivity contribution is 5.85. The lowest BCUT2D eigenvalue weighted by Crippen LogP contribution is -2.50. The summed E-state index contributed by atoms with van der Waals surface area (Å²) in [6, 6.07) is 0.329. The molecule has 0 spiro atoms. The van der Waals surface area contributed by atoms with E-state index >= 15 is 0 Å². The molecule has 2 saturated heterocycles. The van der Waals surface area contributed by atoms with Gasteiger partial charge in [-0.25, -0.2) is 0 Å². The second-order valence-corrected chi connectivity index (χ2v) is 9.26. The predicted molar refractivity (Wildman–Crippen MR) is 109 cm³/mol. The Hall–Kier alpha value is -0.810. The van der Waals surface area contributed by atoms with Crippen LogP contribution in [-0.2, 0) is 9.59 Å². The van der Waals surface area contributed by atoms with Crippen molar-refractivity contribution in [3.05, 3.63) is 0 Å². The quantitative estimate of drug-likeness (QED) is 0.796. The number of rotatable bonds is 3. The Morgan fingerprint density at radius 1 is 0.815 bits per heavy atom. The normalized spacial score (nSPS) is 34.3. The molecule has 154 valence electrons. The van der Waals surface area contributed by atoms with E-state index in [-0.39, 0.29) is 18.3 Å². The molecule has 4 aliphatic rings. The molecule has 2 heterocycles. The number of hydrogen-bond acceptors (Lipinski definition) is 3. The van der Waals surface area contributed by atoms with Crippen LogP contribution in [-0.4, -0.2) is 53.8 Å². The van der Waals surface area contributed by atoms with Crippen LogP contribution in [0.15, 0.2) is 0 Å². The van der Waals surface area contributed by atoms with E-state index < -0.39 is 0 Å². The SMILES string of the molecule is Cl.NC1C2CCCC1CC(C(=O)N1CCC(CC(=O)N3CCCC3)CC1)C2. The van der Waals surface area contributed by atoms with Gasteiger partial charge in [-0.1, -0.05) is 6.42 Å². The number of likely N-dealkylation sites (tertiary alicyclic amines) is 2. The molecule has 2 N–H and O–H groups in total. The third-order valence-electron chi connectivity index (χ3n) is 7.61. The Kier molecular flexibility index (Phi) is 7.07. The van der Waals surface area contributed by atoms with E-state index in [1.54, 1.807) is 0 Å². The van der Waals surface area contributed by atoms with Gasteiger partial charge in [0.05, 0.1) is 0 Å². The Morgan fingerprint density at radius 3 is 2.00 bits per heavy atom. The number of nitrogens with zero attached hydrogens (tertiary/aromatic N) is 2. The van der Waals surface area contributed by atoms with Crippen molar-refractivity contribution in [3.8, 4) is 0 Å². The summed E-state index contributed by atoms with van der Waals surface area (Å²) in [5.41, 5.74) is 6.38. The number of piperidine rings is 1. The first-order chi connectivity index (χ1) is 12.6. The molecule has 2 aliphatic carbocycles. The molecular weight excluding hydrogens is 362 g/mol. The highest BCUT2D eigenvalue weighted by Crippen LogP contribution is 2.42. The van der Waals surface area contributed by atoms with Crippen molar-refractivity contribution in [2.45, 2.75) is 70.3 Å². The van der Waals surface area contributed by atoms with Crippen molar-refractivity contribution in [1.82, 2.24) is 9.80 Å². The first-order valence-corrected chi connectivity index (χ1v) is 10.9. The first kappa shape index (κ1) is 20.9. The number of carbonyl (C=O) groups excluding carboxylic acids is 2. The largest absolute Gasteiger partial charge is 0.343 e. The van der Waals surface area contributed by atoms with Gasteiger partial charge in [0, 0.05) is 44.6 Å². The zero-order valence-corrected chi connectivity index (χ0v) is 17.3. The van der Waals surface area contributed by atoms with E-state index in [4.69, 9.17) is 5.73 Å². The first-order valence-electron chi connectivity index (χ1n) is 10.9. The van der Waals surface area contributed by atoms with E-state index in [0.29, 0.717) is 42.0 Å².